The van der Waals surface area contributed by atoms with Gasteiger partial charge in [0.2, 0.25) is 0 Å². The van der Waals surface area contributed by atoms with E-state index in [1.807, 2.05) is 55.0 Å². The molecule has 0 amide bonds. The largest absolute Gasteiger partial charge is 0.300 e. The average molecular weight is 463 g/mol. The number of aryl methyl sites for hydroxylation is 1. The Morgan fingerprint density at radius 1 is 1.03 bits per heavy atom. The molecule has 35 heavy (non-hydrogen) atoms. The summed E-state index contributed by atoms with van der Waals surface area (Å²) in [5.74, 6) is 0.714. The predicted molar refractivity (Wildman–Crippen MR) is 140 cm³/mol. The van der Waals surface area contributed by atoms with Crippen LogP contribution in [0, 0.1) is 5.92 Å². The van der Waals surface area contributed by atoms with Crippen molar-refractivity contribution in [2.45, 2.75) is 44.4 Å². The molecule has 2 atom stereocenters. The first-order valence-corrected chi connectivity index (χ1v) is 12.4. The second-order valence-electron chi connectivity index (χ2n) is 9.47. The summed E-state index contributed by atoms with van der Waals surface area (Å²) in [5.41, 5.74) is 6.43. The number of hydrogen-bond donors (Lipinski definition) is 0. The summed E-state index contributed by atoms with van der Waals surface area (Å²) < 4.78 is 2.13. The molecule has 1 saturated carbocycles. The van der Waals surface area contributed by atoms with Crippen LogP contribution in [-0.4, -0.2) is 21.0 Å². The highest BCUT2D eigenvalue weighted by molar-refractivity contribution is 5.96. The topological polar surface area (TPSA) is 51.4 Å². The van der Waals surface area contributed by atoms with Crippen molar-refractivity contribution in [3.8, 4) is 11.3 Å². The molecule has 0 N–H and O–H groups in total. The molecule has 1 fully saturated rings. The van der Waals surface area contributed by atoms with Crippen molar-refractivity contribution in [1.29, 1.82) is 0 Å². The van der Waals surface area contributed by atoms with Gasteiger partial charge >= 0.3 is 0 Å². The molecular formula is C31H30N2O2. The van der Waals surface area contributed by atoms with Crippen molar-refractivity contribution in [2.24, 2.45) is 5.92 Å². The molecule has 176 valence electrons. The molecule has 0 radical (unpaired) electrons. The molecule has 5 rings (SSSR count). The fourth-order valence-corrected chi connectivity index (χ4v) is 5.40. The lowest BCUT2D eigenvalue weighted by atomic mass is 9.76. The third kappa shape index (κ3) is 4.88. The first-order valence-electron chi connectivity index (χ1n) is 12.4. The Balaban J connectivity index is 1.39. The van der Waals surface area contributed by atoms with Crippen LogP contribution in [0.4, 0.5) is 0 Å². The van der Waals surface area contributed by atoms with Crippen LogP contribution in [0.1, 0.15) is 59.5 Å². The number of fused-ring (bicyclic) bond motifs is 1. The van der Waals surface area contributed by atoms with Crippen molar-refractivity contribution < 1.29 is 9.59 Å². The Labute approximate surface area is 206 Å². The minimum Gasteiger partial charge on any atom is -0.300 e. The van der Waals surface area contributed by atoms with Gasteiger partial charge in [-0.1, -0.05) is 67.6 Å². The molecule has 2 unspecified atom stereocenters. The van der Waals surface area contributed by atoms with Gasteiger partial charge in [0, 0.05) is 24.1 Å². The van der Waals surface area contributed by atoms with Crippen LogP contribution in [0.3, 0.4) is 0 Å². The Hall–Kier alpha value is -3.79. The number of Topliss-reactive ketones (excluding diaryl/α,β-unsaturated/α-hetero) is 1. The van der Waals surface area contributed by atoms with Gasteiger partial charge in [0.05, 0.1) is 17.5 Å². The van der Waals surface area contributed by atoms with Crippen LogP contribution < -0.4 is 0 Å². The smallest absolute Gasteiger partial charge is 0.163 e. The van der Waals surface area contributed by atoms with Crippen LogP contribution in [0.2, 0.25) is 0 Å². The van der Waals surface area contributed by atoms with E-state index in [1.54, 1.807) is 0 Å². The van der Waals surface area contributed by atoms with Gasteiger partial charge in [0.15, 0.2) is 11.6 Å². The lowest BCUT2D eigenvalue weighted by Crippen LogP contribution is -2.20. The molecule has 0 bridgehead atoms. The summed E-state index contributed by atoms with van der Waals surface area (Å²) >= 11 is 0. The highest BCUT2D eigenvalue weighted by atomic mass is 16.1. The number of carbonyl (C=O) groups excluding carboxylic acids is 2. The van der Waals surface area contributed by atoms with E-state index in [0.717, 1.165) is 54.4 Å². The molecule has 2 aromatic heterocycles. The Morgan fingerprint density at radius 2 is 1.83 bits per heavy atom. The van der Waals surface area contributed by atoms with E-state index >= 15 is 0 Å². The van der Waals surface area contributed by atoms with E-state index < -0.39 is 0 Å². The van der Waals surface area contributed by atoms with Crippen LogP contribution in [0.15, 0.2) is 91.9 Å². The fourth-order valence-electron chi connectivity index (χ4n) is 5.40. The molecule has 2 aromatic carbocycles. The third-order valence-corrected chi connectivity index (χ3v) is 7.31. The summed E-state index contributed by atoms with van der Waals surface area (Å²) in [6, 6.07) is 22.3. The van der Waals surface area contributed by atoms with E-state index in [-0.39, 0.29) is 17.5 Å². The molecule has 0 aliphatic heterocycles. The quantitative estimate of drug-likeness (QED) is 0.213. The van der Waals surface area contributed by atoms with E-state index in [2.05, 4.69) is 40.2 Å². The maximum absolute atomic E-state index is 12.7. The van der Waals surface area contributed by atoms with E-state index in [9.17, 15) is 9.59 Å². The number of aromatic nitrogens is 2. The number of allylic oxidation sites excluding steroid dienone is 1. The van der Waals surface area contributed by atoms with Gasteiger partial charge in [0.1, 0.15) is 0 Å². The Kier molecular flexibility index (Phi) is 6.71. The van der Waals surface area contributed by atoms with Gasteiger partial charge in [-0.2, -0.15) is 0 Å². The van der Waals surface area contributed by atoms with Gasteiger partial charge in [-0.05, 0) is 66.5 Å². The highest BCUT2D eigenvalue weighted by Gasteiger charge is 2.29. The van der Waals surface area contributed by atoms with Crippen molar-refractivity contribution in [1.82, 2.24) is 9.38 Å². The summed E-state index contributed by atoms with van der Waals surface area (Å²) in [4.78, 5) is 29.4. The maximum atomic E-state index is 12.7. The normalized spacial score (nSPS) is 17.8. The van der Waals surface area contributed by atoms with Crippen LogP contribution in [-0.2, 0) is 11.2 Å². The van der Waals surface area contributed by atoms with Gasteiger partial charge in [-0.3, -0.25) is 9.59 Å². The minimum absolute atomic E-state index is 0.0627. The maximum Gasteiger partial charge on any atom is 0.163 e. The van der Waals surface area contributed by atoms with Crippen LogP contribution in [0.5, 0.6) is 0 Å². The fraction of sp³-hybridized carbons (Fsp3) is 0.258. The summed E-state index contributed by atoms with van der Waals surface area (Å²) in [6.45, 7) is 3.69. The van der Waals surface area contributed by atoms with Crippen LogP contribution >= 0.6 is 0 Å². The average Bonchev–Trinajstić information content (AvgIpc) is 3.32. The molecule has 4 aromatic rings. The van der Waals surface area contributed by atoms with Crippen molar-refractivity contribution >= 4 is 17.1 Å². The molecule has 1 aliphatic rings. The zero-order valence-corrected chi connectivity index (χ0v) is 19.9. The van der Waals surface area contributed by atoms with Gasteiger partial charge in [0.25, 0.3) is 0 Å². The van der Waals surface area contributed by atoms with E-state index in [0.29, 0.717) is 12.3 Å². The standard InChI is InChI=1S/C31H30N2O2/c1-2-30(34)26-10-6-9-25(19-26)27-20-29(33-21-32-18-17-28(27)33)23-12-14-24(15-13-23)31(35)16-11-22-7-4-3-5-8-22/h2-5,7-8,12-15,17-18,20-21,25-26H,1,6,9-11,16,19H2. The number of ketones is 2. The first kappa shape index (κ1) is 23.0. The number of hydrogen-bond acceptors (Lipinski definition) is 3. The summed E-state index contributed by atoms with van der Waals surface area (Å²) in [6.07, 6.45) is 10.3. The molecular weight excluding hydrogens is 432 g/mol. The second-order valence-corrected chi connectivity index (χ2v) is 9.47. The van der Waals surface area contributed by atoms with Crippen LogP contribution in [0.25, 0.3) is 16.8 Å². The lowest BCUT2D eigenvalue weighted by molar-refractivity contribution is -0.119. The molecule has 4 nitrogen and oxygen atoms in total. The number of nitrogens with zero attached hydrogens (tertiary/aromatic N) is 2. The number of carbonyl (C=O) groups is 2. The molecule has 4 heteroatoms. The zero-order chi connectivity index (χ0) is 24.2. The monoisotopic (exact) mass is 462 g/mol. The summed E-state index contributed by atoms with van der Waals surface area (Å²) in [5, 5.41) is 0. The van der Waals surface area contributed by atoms with Gasteiger partial charge in [-0.15, -0.1) is 0 Å². The van der Waals surface area contributed by atoms with Crippen molar-refractivity contribution in [3.05, 3.63) is 109 Å². The molecule has 0 saturated heterocycles. The third-order valence-electron chi connectivity index (χ3n) is 7.31. The molecule has 1 aliphatic carbocycles. The Morgan fingerprint density at radius 3 is 2.60 bits per heavy atom. The van der Waals surface area contributed by atoms with E-state index in [4.69, 9.17) is 0 Å². The molecule has 0 spiro atoms. The van der Waals surface area contributed by atoms with Gasteiger partial charge < -0.3 is 4.40 Å². The minimum atomic E-state index is 0.0627. The van der Waals surface area contributed by atoms with Crippen molar-refractivity contribution in [3.63, 3.8) is 0 Å². The van der Waals surface area contributed by atoms with Crippen molar-refractivity contribution in [2.75, 3.05) is 0 Å². The SMILES string of the molecule is C=CC(=O)C1CCCC(c2cc(-c3ccc(C(=O)CCc4ccccc4)cc3)n3cnccc23)C1. The number of benzene rings is 2. The Bertz CT molecular complexity index is 1350. The van der Waals surface area contributed by atoms with E-state index in [1.165, 1.54) is 17.2 Å². The zero-order valence-electron chi connectivity index (χ0n) is 19.9. The van der Waals surface area contributed by atoms with Gasteiger partial charge in [-0.25, -0.2) is 4.98 Å². The highest BCUT2D eigenvalue weighted by Crippen LogP contribution is 2.41. The molecule has 2 heterocycles. The number of rotatable bonds is 8. The lowest BCUT2D eigenvalue weighted by Gasteiger charge is -2.27. The predicted octanol–water partition coefficient (Wildman–Crippen LogP) is 6.85. The summed E-state index contributed by atoms with van der Waals surface area (Å²) in [7, 11) is 0. The second kappa shape index (κ2) is 10.2. The first-order chi connectivity index (χ1) is 17.1.